The number of sulfonamides is 1. The lowest BCUT2D eigenvalue weighted by atomic mass is 9.93. The van der Waals surface area contributed by atoms with E-state index >= 15 is 0 Å². The van der Waals surface area contributed by atoms with Gasteiger partial charge in [0.2, 0.25) is 21.1 Å². The van der Waals surface area contributed by atoms with E-state index in [4.69, 9.17) is 4.42 Å². The molecule has 1 fully saturated rings. The summed E-state index contributed by atoms with van der Waals surface area (Å²) in [5, 5.41) is 10.8. The Bertz CT molecular complexity index is 2740. The lowest BCUT2D eigenvalue weighted by Crippen LogP contribution is -2.40. The highest BCUT2D eigenvalue weighted by Crippen LogP contribution is 2.45. The summed E-state index contributed by atoms with van der Waals surface area (Å²) in [5.41, 5.74) is 3.92. The largest absolute Gasteiger partial charge is 0.481 e. The predicted molar refractivity (Wildman–Crippen MR) is 213 cm³/mol. The van der Waals surface area contributed by atoms with E-state index in [9.17, 15) is 44.9 Å². The third kappa shape index (κ3) is 7.55. The third-order valence-electron chi connectivity index (χ3n) is 10.1. The zero-order valence-corrected chi connectivity index (χ0v) is 32.5. The molecule has 3 aliphatic rings. The van der Waals surface area contributed by atoms with E-state index in [-0.39, 0.29) is 40.6 Å². The van der Waals surface area contributed by atoms with Crippen LogP contribution in [-0.4, -0.2) is 77.6 Å². The van der Waals surface area contributed by atoms with Crippen molar-refractivity contribution >= 4 is 65.0 Å². The number of nitrogens with zero attached hydrogens (tertiary/aromatic N) is 3. The molecule has 2 aliphatic heterocycles. The van der Waals surface area contributed by atoms with E-state index < -0.39 is 42.9 Å². The van der Waals surface area contributed by atoms with E-state index in [1.165, 1.54) is 28.6 Å². The van der Waals surface area contributed by atoms with Crippen molar-refractivity contribution in [1.82, 2.24) is 8.88 Å². The Labute approximate surface area is 324 Å². The minimum Gasteiger partial charge on any atom is -0.481 e. The number of rotatable bonds is 9. The first-order valence-corrected chi connectivity index (χ1v) is 21.6. The summed E-state index contributed by atoms with van der Waals surface area (Å²) in [6.07, 6.45) is 0.394. The smallest absolute Gasteiger partial charge is 0.306 e. The van der Waals surface area contributed by atoms with Crippen LogP contribution in [0.2, 0.25) is 0 Å². The number of piperidine rings is 1. The molecule has 4 aromatic carbocycles. The van der Waals surface area contributed by atoms with E-state index in [1.54, 1.807) is 79.7 Å². The number of aliphatic carboxylic acids is 1. The highest BCUT2D eigenvalue weighted by atomic mass is 32.3. The summed E-state index contributed by atoms with van der Waals surface area (Å²) in [6.45, 7) is 0.127. The fourth-order valence-electron chi connectivity index (χ4n) is 6.95. The first-order valence-electron chi connectivity index (χ1n) is 17.3. The summed E-state index contributed by atoms with van der Waals surface area (Å²) < 4.78 is 100. The molecule has 1 saturated heterocycles. The maximum Gasteiger partial charge on any atom is 0.306 e. The molecule has 0 bridgehead atoms. The molecule has 0 amide bonds. The van der Waals surface area contributed by atoms with Gasteiger partial charge in [0.1, 0.15) is 29.3 Å². The number of anilines is 2. The van der Waals surface area contributed by atoms with Crippen molar-refractivity contribution in [2.24, 2.45) is 5.92 Å². The van der Waals surface area contributed by atoms with Crippen LogP contribution in [0.25, 0.3) is 33.4 Å². The van der Waals surface area contributed by atoms with Gasteiger partial charge in [-0.1, -0.05) is 18.2 Å². The predicted octanol–water partition coefficient (Wildman–Crippen LogP) is 7.02. The van der Waals surface area contributed by atoms with E-state index in [1.807, 2.05) is 28.8 Å². The molecule has 0 aromatic heterocycles. The Hall–Kier alpha value is -5.11. The second kappa shape index (κ2) is 14.8. The number of carboxylic acids is 1. The summed E-state index contributed by atoms with van der Waals surface area (Å²) in [6, 6.07) is 29.3. The minimum atomic E-state index is -4.39. The molecule has 0 radical (unpaired) electrons. The van der Waals surface area contributed by atoms with Crippen molar-refractivity contribution in [2.45, 2.75) is 27.5 Å². The van der Waals surface area contributed by atoms with E-state index in [2.05, 4.69) is 0 Å². The Kier molecular flexibility index (Phi) is 10.3. The lowest BCUT2D eigenvalue weighted by Gasteiger charge is -2.30. The molecule has 0 atom stereocenters. The summed E-state index contributed by atoms with van der Waals surface area (Å²) in [5.74, 6) is -1.16. The van der Waals surface area contributed by atoms with Crippen molar-refractivity contribution < 1.29 is 49.4 Å². The zero-order chi connectivity index (χ0) is 40.2. The number of carboxylic acid groups (broad SMARTS) is 1. The van der Waals surface area contributed by atoms with Crippen LogP contribution in [0.15, 0.2) is 128 Å². The van der Waals surface area contributed by atoms with Gasteiger partial charge in [-0.15, -0.1) is 0 Å². The van der Waals surface area contributed by atoms with Gasteiger partial charge in [0.05, 0.1) is 26.7 Å². The molecule has 14 nitrogen and oxygen atoms in total. The third-order valence-corrected chi connectivity index (χ3v) is 13.8. The number of fused-ring (bicyclic) bond motifs is 2. The second-order valence-corrected chi connectivity index (χ2v) is 18.3. The molecule has 4 aromatic rings. The molecule has 0 unspecified atom stereocenters. The fourth-order valence-corrected chi connectivity index (χ4v) is 9.60. The van der Waals surface area contributed by atoms with Gasteiger partial charge in [-0.3, -0.25) is 9.35 Å². The summed E-state index contributed by atoms with van der Waals surface area (Å²) in [7, 11) is -8.80. The van der Waals surface area contributed by atoms with Crippen molar-refractivity contribution in [3.8, 4) is 22.5 Å². The van der Waals surface area contributed by atoms with Crippen molar-refractivity contribution in [3.05, 3.63) is 115 Å². The molecule has 2 heterocycles. The molecule has 0 saturated carbocycles. The number of benzene rings is 5. The van der Waals surface area contributed by atoms with Crippen LogP contribution in [0.5, 0.6) is 0 Å². The molecule has 0 spiro atoms. The van der Waals surface area contributed by atoms with Gasteiger partial charge in [-0.2, -0.15) is 17.3 Å². The molecular weight excluding hydrogens is 783 g/mol. The first kappa shape index (κ1) is 39.1. The van der Waals surface area contributed by atoms with Gasteiger partial charge in [0, 0.05) is 77.9 Å². The van der Waals surface area contributed by atoms with Gasteiger partial charge in [0.25, 0.3) is 10.1 Å². The van der Waals surface area contributed by atoms with Crippen LogP contribution in [0.3, 0.4) is 0 Å². The summed E-state index contributed by atoms with van der Waals surface area (Å²) in [4.78, 5) is 13.2. The highest BCUT2D eigenvalue weighted by molar-refractivity contribution is 8.19. The quantitative estimate of drug-likeness (QED) is 0.0566. The normalized spacial score (nSPS) is 15.5. The number of hydrogen-bond donors (Lipinski definition) is 5. The van der Waals surface area contributed by atoms with Gasteiger partial charge < -0.3 is 28.1 Å². The standard InChI is InChI=1S/C39H37N3O11S3/c1-40(26-7-13-30(14-8-26)55(47,48)49)28-11-17-32-35(23-28)53-36-24-29(41(2)27-9-15-31(16-10-27)56(50,51)52)12-18-33(36)38(32)34-5-3-4-6-37(34)54(45,46)42-21-19-25(20-22-42)39(43)44/h3-18,23-25H,19-22H2,1-2H3,(H4-,43,44,47,48,49,50,51,52)/p+1. The Balaban J connectivity index is 1.41. The van der Waals surface area contributed by atoms with Crippen LogP contribution in [0.4, 0.5) is 17.1 Å². The van der Waals surface area contributed by atoms with Gasteiger partial charge in [-0.25, -0.2) is 8.42 Å². The molecular formula is C39H38N3O11S3+. The molecule has 5 N–H and O–H groups in total. The second-order valence-electron chi connectivity index (χ2n) is 13.5. The fraction of sp³-hybridized carbons (Fsp3) is 0.179. The summed E-state index contributed by atoms with van der Waals surface area (Å²) >= 11 is 0. The van der Waals surface area contributed by atoms with Crippen LogP contribution in [0, 0.1) is 5.92 Å². The molecule has 56 heavy (non-hydrogen) atoms. The number of hydrogen-bond acceptors (Lipinski definition) is 10. The van der Waals surface area contributed by atoms with E-state index in [0.29, 0.717) is 55.8 Å². The van der Waals surface area contributed by atoms with Gasteiger partial charge in [0.15, 0.2) is 0 Å². The van der Waals surface area contributed by atoms with Crippen molar-refractivity contribution in [1.29, 1.82) is 0 Å². The molecule has 292 valence electrons. The maximum atomic E-state index is 14.3. The Morgan fingerprint density at radius 3 is 2.02 bits per heavy atom. The van der Waals surface area contributed by atoms with Gasteiger partial charge >= 0.3 is 5.97 Å². The Morgan fingerprint density at radius 2 is 1.39 bits per heavy atom. The van der Waals surface area contributed by atoms with Gasteiger partial charge in [-0.05, 0) is 73.5 Å². The average Bonchev–Trinajstić information content (AvgIpc) is 3.18. The van der Waals surface area contributed by atoms with Crippen LogP contribution in [0.1, 0.15) is 12.8 Å². The Morgan fingerprint density at radius 1 is 0.768 bits per heavy atom. The first-order chi connectivity index (χ1) is 26.4. The average molecular weight is 821 g/mol. The van der Waals surface area contributed by atoms with Crippen molar-refractivity contribution in [3.63, 3.8) is 0 Å². The lowest BCUT2D eigenvalue weighted by molar-refractivity contribution is -0.142. The topological polar surface area (TPSA) is 209 Å². The van der Waals surface area contributed by atoms with Crippen LogP contribution < -0.4 is 14.8 Å². The maximum absolute atomic E-state index is 14.3. The highest BCUT2D eigenvalue weighted by Gasteiger charge is 2.34. The SMILES string of the molecule is CN(c1ccc(S(=O)(=O)O)cc1)c1ccc2c(-c3ccccc3S(=O)(=O)N3CCC(C(=O)O)CC3)c3ccc(=[N+](C)c4ccc(S(O)(O)O)cc4)cc-3oc2c1. The van der Waals surface area contributed by atoms with Crippen LogP contribution >= 0.6 is 10.9 Å². The number of carbonyl (C=O) groups is 1. The van der Waals surface area contributed by atoms with E-state index in [0.717, 1.165) is 0 Å². The molecule has 1 aliphatic carbocycles. The molecule has 7 rings (SSSR count). The molecule has 17 heteroatoms. The van der Waals surface area contributed by atoms with Crippen molar-refractivity contribution in [2.75, 3.05) is 32.1 Å². The minimum absolute atomic E-state index is 0.0331. The monoisotopic (exact) mass is 820 g/mol. The zero-order valence-electron chi connectivity index (χ0n) is 30.1. The van der Waals surface area contributed by atoms with Crippen LogP contribution in [-0.2, 0) is 24.9 Å².